The molecular formula is C23H17N3O5. The van der Waals surface area contributed by atoms with Gasteiger partial charge in [0, 0.05) is 28.6 Å². The first-order chi connectivity index (χ1) is 15.0. The Balaban J connectivity index is 1.90. The highest BCUT2D eigenvalue weighted by molar-refractivity contribution is 6.22. The molecule has 2 N–H and O–H groups in total. The molecule has 1 heterocycles. The molecule has 4 rings (SSSR count). The number of nitrogens with zero attached hydrogens (tertiary/aromatic N) is 2. The number of benzene rings is 3. The van der Waals surface area contributed by atoms with E-state index < -0.39 is 10.9 Å². The van der Waals surface area contributed by atoms with Crippen molar-refractivity contribution >= 4 is 34.0 Å². The molecule has 0 aliphatic carbocycles. The van der Waals surface area contributed by atoms with Crippen molar-refractivity contribution in [3.63, 3.8) is 0 Å². The number of non-ortho nitro benzene ring substituents is 1. The average molecular weight is 415 g/mol. The van der Waals surface area contributed by atoms with Gasteiger partial charge in [-0.25, -0.2) is 9.79 Å². The Bertz CT molecular complexity index is 1310. The molecule has 0 aliphatic heterocycles. The summed E-state index contributed by atoms with van der Waals surface area (Å²) in [6.45, 7) is 0. The lowest BCUT2D eigenvalue weighted by Gasteiger charge is -2.08. The third-order valence-electron chi connectivity index (χ3n) is 4.79. The van der Waals surface area contributed by atoms with E-state index in [1.54, 1.807) is 30.3 Å². The van der Waals surface area contributed by atoms with Crippen molar-refractivity contribution in [1.82, 2.24) is 4.98 Å². The van der Waals surface area contributed by atoms with Crippen LogP contribution in [0.1, 0.15) is 21.5 Å². The fourth-order valence-corrected chi connectivity index (χ4v) is 3.31. The molecule has 31 heavy (non-hydrogen) atoms. The Hall–Kier alpha value is -4.46. The number of aromatic nitrogens is 1. The standard InChI is InChI=1S/C23H17N3O5/c1-31-23(28)15-7-12-18-19(13-15)25-22(27)20(18)21(14-5-3-2-4-6-14)24-16-8-10-17(11-9-16)26(29)30/h2-13,25,27H,1H3. The number of nitro benzene ring substituents is 1. The number of aromatic hydroxyl groups is 1. The van der Waals surface area contributed by atoms with Crippen LogP contribution in [0, 0.1) is 10.1 Å². The van der Waals surface area contributed by atoms with Gasteiger partial charge >= 0.3 is 5.97 Å². The molecule has 4 aromatic rings. The lowest BCUT2D eigenvalue weighted by atomic mass is 10.00. The minimum atomic E-state index is -0.486. The normalized spacial score (nSPS) is 11.5. The number of aromatic amines is 1. The quantitative estimate of drug-likeness (QED) is 0.211. The number of nitro groups is 1. The second-order valence-corrected chi connectivity index (χ2v) is 6.70. The average Bonchev–Trinajstić information content (AvgIpc) is 3.12. The van der Waals surface area contributed by atoms with Gasteiger partial charge in [0.1, 0.15) is 0 Å². The van der Waals surface area contributed by atoms with E-state index in [1.807, 2.05) is 30.3 Å². The molecule has 0 aliphatic rings. The van der Waals surface area contributed by atoms with Gasteiger partial charge in [-0.1, -0.05) is 36.4 Å². The Morgan fingerprint density at radius 3 is 2.39 bits per heavy atom. The van der Waals surface area contributed by atoms with Gasteiger partial charge in [0.15, 0.2) is 5.88 Å². The van der Waals surface area contributed by atoms with Gasteiger partial charge in [-0.2, -0.15) is 0 Å². The van der Waals surface area contributed by atoms with Gasteiger partial charge in [0.05, 0.1) is 34.6 Å². The summed E-state index contributed by atoms with van der Waals surface area (Å²) in [5.41, 5.74) is 3.02. The lowest BCUT2D eigenvalue weighted by molar-refractivity contribution is -0.384. The van der Waals surface area contributed by atoms with Gasteiger partial charge < -0.3 is 14.8 Å². The summed E-state index contributed by atoms with van der Waals surface area (Å²) < 4.78 is 4.76. The number of aliphatic imine (C=N–C) groups is 1. The highest BCUT2D eigenvalue weighted by Gasteiger charge is 2.20. The van der Waals surface area contributed by atoms with Gasteiger partial charge in [0.2, 0.25) is 0 Å². The number of methoxy groups -OCH3 is 1. The third kappa shape index (κ3) is 3.86. The summed E-state index contributed by atoms with van der Waals surface area (Å²) in [5, 5.41) is 22.3. The van der Waals surface area contributed by atoms with Crippen LogP contribution in [0.4, 0.5) is 11.4 Å². The van der Waals surface area contributed by atoms with Gasteiger partial charge in [0.25, 0.3) is 5.69 Å². The number of nitrogens with one attached hydrogen (secondary N) is 1. The minimum Gasteiger partial charge on any atom is -0.494 e. The van der Waals surface area contributed by atoms with E-state index in [1.165, 1.54) is 19.2 Å². The fraction of sp³-hybridized carbons (Fsp3) is 0.0435. The molecule has 0 bridgehead atoms. The predicted octanol–water partition coefficient (Wildman–Crippen LogP) is 4.74. The number of carbonyl (C=O) groups is 1. The lowest BCUT2D eigenvalue weighted by Crippen LogP contribution is -2.03. The Labute approximate surface area is 176 Å². The Kier molecular flexibility index (Phi) is 5.19. The van der Waals surface area contributed by atoms with Crippen molar-refractivity contribution in [2.45, 2.75) is 0 Å². The first-order valence-corrected chi connectivity index (χ1v) is 9.30. The highest BCUT2D eigenvalue weighted by Crippen LogP contribution is 2.32. The van der Waals surface area contributed by atoms with Gasteiger partial charge in [-0.05, 0) is 24.3 Å². The first-order valence-electron chi connectivity index (χ1n) is 9.30. The van der Waals surface area contributed by atoms with Crippen molar-refractivity contribution < 1.29 is 19.6 Å². The number of hydrogen-bond donors (Lipinski definition) is 2. The van der Waals surface area contributed by atoms with Crippen LogP contribution in [0.15, 0.2) is 77.8 Å². The molecule has 0 fully saturated rings. The minimum absolute atomic E-state index is 0.0366. The van der Waals surface area contributed by atoms with Crippen LogP contribution in [0.25, 0.3) is 10.9 Å². The van der Waals surface area contributed by atoms with Crippen LogP contribution >= 0.6 is 0 Å². The van der Waals surface area contributed by atoms with E-state index in [0.29, 0.717) is 33.4 Å². The molecule has 8 heteroatoms. The van der Waals surface area contributed by atoms with Crippen molar-refractivity contribution in [3.05, 3.63) is 99.6 Å². The number of carbonyl (C=O) groups excluding carboxylic acids is 1. The maximum absolute atomic E-state index is 11.9. The molecule has 1 aromatic heterocycles. The van der Waals surface area contributed by atoms with Crippen LogP contribution in [-0.2, 0) is 4.74 Å². The molecule has 154 valence electrons. The molecule has 0 saturated heterocycles. The number of hydrogen-bond acceptors (Lipinski definition) is 6. The van der Waals surface area contributed by atoms with E-state index in [0.717, 1.165) is 5.56 Å². The van der Waals surface area contributed by atoms with Crippen molar-refractivity contribution in [1.29, 1.82) is 0 Å². The topological polar surface area (TPSA) is 118 Å². The molecular weight excluding hydrogens is 398 g/mol. The third-order valence-corrected chi connectivity index (χ3v) is 4.79. The maximum atomic E-state index is 11.9. The summed E-state index contributed by atoms with van der Waals surface area (Å²) in [7, 11) is 1.30. The van der Waals surface area contributed by atoms with Crippen molar-refractivity contribution in [2.24, 2.45) is 4.99 Å². The molecule has 3 aromatic carbocycles. The maximum Gasteiger partial charge on any atom is 0.337 e. The Morgan fingerprint density at radius 2 is 1.74 bits per heavy atom. The van der Waals surface area contributed by atoms with E-state index in [9.17, 15) is 20.0 Å². The zero-order valence-electron chi connectivity index (χ0n) is 16.4. The number of H-pyrrole nitrogens is 1. The van der Waals surface area contributed by atoms with Crippen LogP contribution < -0.4 is 0 Å². The number of fused-ring (bicyclic) bond motifs is 1. The fourth-order valence-electron chi connectivity index (χ4n) is 3.31. The van der Waals surface area contributed by atoms with Gasteiger partial charge in [-0.15, -0.1) is 0 Å². The van der Waals surface area contributed by atoms with Crippen molar-refractivity contribution in [3.8, 4) is 5.88 Å². The number of esters is 1. The monoisotopic (exact) mass is 415 g/mol. The second-order valence-electron chi connectivity index (χ2n) is 6.70. The van der Waals surface area contributed by atoms with Crippen LogP contribution in [0.2, 0.25) is 0 Å². The first kappa shape index (κ1) is 19.8. The molecule has 8 nitrogen and oxygen atoms in total. The molecule has 0 atom stereocenters. The second kappa shape index (κ2) is 8.11. The van der Waals surface area contributed by atoms with Crippen LogP contribution in [0.5, 0.6) is 5.88 Å². The van der Waals surface area contributed by atoms with Crippen LogP contribution in [0.3, 0.4) is 0 Å². The summed E-state index contributed by atoms with van der Waals surface area (Å²) in [4.78, 5) is 29.9. The van der Waals surface area contributed by atoms with Crippen molar-refractivity contribution in [2.75, 3.05) is 7.11 Å². The zero-order valence-corrected chi connectivity index (χ0v) is 16.4. The Morgan fingerprint density at radius 1 is 1.03 bits per heavy atom. The number of rotatable bonds is 5. The summed E-state index contributed by atoms with van der Waals surface area (Å²) in [5.74, 6) is -0.595. The molecule has 0 unspecified atom stereocenters. The van der Waals surface area contributed by atoms with E-state index >= 15 is 0 Å². The van der Waals surface area contributed by atoms with E-state index in [2.05, 4.69) is 9.98 Å². The number of ether oxygens (including phenoxy) is 1. The highest BCUT2D eigenvalue weighted by atomic mass is 16.6. The van der Waals surface area contributed by atoms with Crippen LogP contribution in [-0.4, -0.2) is 33.8 Å². The predicted molar refractivity (Wildman–Crippen MR) is 116 cm³/mol. The summed E-state index contributed by atoms with van der Waals surface area (Å²) in [6.07, 6.45) is 0. The SMILES string of the molecule is COC(=O)c1ccc2c(C(=Nc3ccc([N+](=O)[O-])cc3)c3ccccc3)c(O)[nH]c2c1. The smallest absolute Gasteiger partial charge is 0.337 e. The van der Waals surface area contributed by atoms with E-state index in [-0.39, 0.29) is 11.6 Å². The molecule has 0 amide bonds. The molecule has 0 saturated carbocycles. The van der Waals surface area contributed by atoms with Gasteiger partial charge in [-0.3, -0.25) is 10.1 Å². The molecule has 0 radical (unpaired) electrons. The molecule has 0 spiro atoms. The summed E-state index contributed by atoms with van der Waals surface area (Å²) >= 11 is 0. The van der Waals surface area contributed by atoms with E-state index in [4.69, 9.17) is 4.74 Å². The largest absolute Gasteiger partial charge is 0.494 e. The zero-order chi connectivity index (χ0) is 22.0. The summed E-state index contributed by atoms with van der Waals surface area (Å²) in [6, 6.07) is 20.0.